The fourth-order valence-corrected chi connectivity index (χ4v) is 7.71. The molecule has 0 fully saturated rings. The summed E-state index contributed by atoms with van der Waals surface area (Å²) in [5, 5.41) is 6.00. The fourth-order valence-electron chi connectivity index (χ4n) is 3.88. The van der Waals surface area contributed by atoms with Crippen molar-refractivity contribution in [1.82, 2.24) is 5.32 Å². The highest BCUT2D eigenvalue weighted by Gasteiger charge is 2.45. The van der Waals surface area contributed by atoms with Gasteiger partial charge in [0.1, 0.15) is 29.0 Å². The Kier molecular flexibility index (Phi) is 10.5. The molecule has 200 valence electrons. The van der Waals surface area contributed by atoms with Gasteiger partial charge in [0.15, 0.2) is 5.70 Å². The number of halogens is 1. The van der Waals surface area contributed by atoms with Gasteiger partial charge in [-0.2, -0.15) is 14.0 Å². The quantitative estimate of drug-likeness (QED) is 0.186. The first-order valence-electron chi connectivity index (χ1n) is 11.5. The standard InChI is InChI=1S/C29H24NO3P.ClHO4/c1-33-29(32)27(30-28(31)23-14-6-2-7-15-23)22-34(24-16-8-3-9-17-24,25-18-10-4-11-19-25)26-20-12-5-13-21-26;2-1(3,4)5/h2-22H,1H3;(H,2,3,4,5)/p+1/b27-22+;. The largest absolute Gasteiger partial charge is 0.464 e. The van der Waals surface area contributed by atoms with Crippen molar-refractivity contribution in [2.24, 2.45) is 0 Å². The Morgan fingerprint density at radius 3 is 1.38 bits per heavy atom. The van der Waals surface area contributed by atoms with Crippen LogP contribution in [0.15, 0.2) is 133 Å². The van der Waals surface area contributed by atoms with Crippen LogP contribution in [0.3, 0.4) is 0 Å². The molecule has 8 nitrogen and oxygen atoms in total. The van der Waals surface area contributed by atoms with Crippen LogP contribution in [0.25, 0.3) is 0 Å². The number of benzene rings is 4. The van der Waals surface area contributed by atoms with E-state index in [0.717, 1.165) is 15.9 Å². The van der Waals surface area contributed by atoms with Gasteiger partial charge >= 0.3 is 5.97 Å². The van der Waals surface area contributed by atoms with Crippen molar-refractivity contribution in [1.29, 1.82) is 0 Å². The molecule has 1 amide bonds. The summed E-state index contributed by atoms with van der Waals surface area (Å²) in [7, 11) is -5.88. The summed E-state index contributed by atoms with van der Waals surface area (Å²) in [4.78, 5) is 26.0. The van der Waals surface area contributed by atoms with Crippen molar-refractivity contribution in [2.45, 2.75) is 0 Å². The molecule has 0 aromatic heterocycles. The summed E-state index contributed by atoms with van der Waals surface area (Å²) < 4.78 is 37.8. The van der Waals surface area contributed by atoms with Crippen LogP contribution in [0.2, 0.25) is 0 Å². The summed E-state index contributed by atoms with van der Waals surface area (Å²) in [5.74, 6) is 0.931. The van der Waals surface area contributed by atoms with Crippen LogP contribution in [0.4, 0.5) is 0 Å². The molecule has 0 spiro atoms. The van der Waals surface area contributed by atoms with E-state index in [-0.39, 0.29) is 11.6 Å². The molecule has 39 heavy (non-hydrogen) atoms. The van der Waals surface area contributed by atoms with Gasteiger partial charge in [-0.15, -0.1) is 0 Å². The molecular formula is C29H26ClNO7P+. The lowest BCUT2D eigenvalue weighted by molar-refractivity contribution is -1.92. The van der Waals surface area contributed by atoms with Gasteiger partial charge in [-0.1, -0.05) is 72.8 Å². The number of hydrogen-bond donors (Lipinski definition) is 2. The lowest BCUT2D eigenvalue weighted by Gasteiger charge is -2.25. The van der Waals surface area contributed by atoms with Gasteiger partial charge in [0, 0.05) is 5.56 Å². The first kappa shape index (κ1) is 29.7. The minimum Gasteiger partial charge on any atom is -0.464 e. The third-order valence-corrected chi connectivity index (χ3v) is 9.49. The van der Waals surface area contributed by atoms with Crippen molar-refractivity contribution < 1.29 is 43.2 Å². The van der Waals surface area contributed by atoms with Gasteiger partial charge in [-0.05, 0) is 48.5 Å². The van der Waals surface area contributed by atoms with Gasteiger partial charge < -0.3 is 10.1 Å². The minimum absolute atomic E-state index is 0.112. The van der Waals surface area contributed by atoms with E-state index in [9.17, 15) is 9.59 Å². The van der Waals surface area contributed by atoms with E-state index in [1.807, 2.05) is 66.5 Å². The fraction of sp³-hybridized carbons (Fsp3) is 0.0345. The second-order valence-corrected chi connectivity index (χ2v) is 12.0. The van der Waals surface area contributed by atoms with Crippen molar-refractivity contribution in [3.63, 3.8) is 0 Å². The van der Waals surface area contributed by atoms with E-state index in [1.54, 1.807) is 24.3 Å². The number of nitrogens with one attached hydrogen (secondary N) is 1. The predicted molar refractivity (Wildman–Crippen MR) is 141 cm³/mol. The average Bonchev–Trinajstić information content (AvgIpc) is 2.96. The lowest BCUT2D eigenvalue weighted by atomic mass is 10.2. The molecule has 2 N–H and O–H groups in total. The molecule has 10 heteroatoms. The van der Waals surface area contributed by atoms with Crippen LogP contribution in [0, 0.1) is 10.2 Å². The van der Waals surface area contributed by atoms with Crippen molar-refractivity contribution in [3.05, 3.63) is 138 Å². The first-order chi connectivity index (χ1) is 18.6. The molecule has 0 heterocycles. The number of ether oxygens (including phenoxy) is 1. The number of hydrogen-bond acceptors (Lipinski definition) is 7. The van der Waals surface area contributed by atoms with Gasteiger partial charge in [-0.3, -0.25) is 4.79 Å². The number of carbonyl (C=O) groups excluding carboxylic acids is 2. The molecule has 4 rings (SSSR count). The maximum Gasteiger partial charge on any atom is 0.358 e. The molecule has 0 aliphatic heterocycles. The number of carbonyl (C=O) groups is 2. The summed E-state index contributed by atoms with van der Waals surface area (Å²) in [6.07, 6.45) is 0. The third-order valence-electron chi connectivity index (χ3n) is 5.50. The van der Waals surface area contributed by atoms with E-state index < -0.39 is 23.5 Å². The molecule has 4 aromatic carbocycles. The molecule has 0 bridgehead atoms. The molecule has 0 saturated carbocycles. The maximum absolute atomic E-state index is 13.0. The van der Waals surface area contributed by atoms with Crippen LogP contribution in [0.5, 0.6) is 0 Å². The number of methoxy groups -OCH3 is 1. The summed E-state index contributed by atoms with van der Waals surface area (Å²) in [6, 6.07) is 39.1. The zero-order valence-corrected chi connectivity index (χ0v) is 22.5. The van der Waals surface area contributed by atoms with E-state index in [4.69, 9.17) is 23.4 Å². The third kappa shape index (κ3) is 8.30. The van der Waals surface area contributed by atoms with Crippen LogP contribution >= 0.6 is 7.26 Å². The molecule has 0 saturated heterocycles. The van der Waals surface area contributed by atoms with Gasteiger partial charge in [-0.25, -0.2) is 4.79 Å². The van der Waals surface area contributed by atoms with Crippen LogP contribution in [-0.4, -0.2) is 23.6 Å². The molecule has 0 unspecified atom stereocenters. The second-order valence-electron chi connectivity index (χ2n) is 7.98. The van der Waals surface area contributed by atoms with Crippen LogP contribution in [0.1, 0.15) is 10.4 Å². The Bertz CT molecular complexity index is 1280. The van der Waals surface area contributed by atoms with Crippen LogP contribution in [-0.2, 0) is 9.53 Å². The Morgan fingerprint density at radius 2 is 1.05 bits per heavy atom. The average molecular weight is 567 g/mol. The SMILES string of the molecule is COC(=O)/C(=C\[P+](c1ccccc1)(c1ccccc1)c1ccccc1)NC(=O)c1ccccc1.[O-][Cl+3]([O-])([O-])O. The van der Waals surface area contributed by atoms with E-state index in [0.29, 0.717) is 5.56 Å². The van der Waals surface area contributed by atoms with Crippen LogP contribution < -0.4 is 35.2 Å². The first-order valence-corrected chi connectivity index (χ1v) is 14.6. The Balaban J connectivity index is 0.000000771. The summed E-state index contributed by atoms with van der Waals surface area (Å²) in [6.45, 7) is 0. The number of rotatable bonds is 7. The molecule has 4 aromatic rings. The Morgan fingerprint density at radius 1 is 0.718 bits per heavy atom. The number of amides is 1. The van der Waals surface area contributed by atoms with Gasteiger partial charge in [0.2, 0.25) is 0 Å². The van der Waals surface area contributed by atoms with Crippen molar-refractivity contribution >= 4 is 35.1 Å². The summed E-state index contributed by atoms with van der Waals surface area (Å²) >= 11 is 0. The van der Waals surface area contributed by atoms with E-state index in [1.165, 1.54) is 7.11 Å². The zero-order valence-electron chi connectivity index (χ0n) is 20.8. The normalized spacial score (nSPS) is 11.6. The monoisotopic (exact) mass is 566 g/mol. The smallest absolute Gasteiger partial charge is 0.358 e. The molecule has 0 aliphatic rings. The zero-order chi connectivity index (χ0) is 28.3. The summed E-state index contributed by atoms with van der Waals surface area (Å²) in [5.41, 5.74) is 0.571. The Labute approximate surface area is 228 Å². The van der Waals surface area contributed by atoms with Gasteiger partial charge in [0.05, 0.1) is 22.0 Å². The lowest BCUT2D eigenvalue weighted by Crippen LogP contribution is -2.58. The highest BCUT2D eigenvalue weighted by Crippen LogP contribution is 2.57. The topological polar surface area (TPSA) is 145 Å². The van der Waals surface area contributed by atoms with Gasteiger partial charge in [0.25, 0.3) is 5.91 Å². The molecule has 0 radical (unpaired) electrons. The highest BCUT2D eigenvalue weighted by molar-refractivity contribution is 7.98. The van der Waals surface area contributed by atoms with Crippen molar-refractivity contribution in [2.75, 3.05) is 7.11 Å². The highest BCUT2D eigenvalue weighted by atomic mass is 35.7. The molecular weight excluding hydrogens is 541 g/mol. The number of esters is 1. The van der Waals surface area contributed by atoms with E-state index in [2.05, 4.69) is 41.7 Å². The molecule has 0 aliphatic carbocycles. The maximum atomic E-state index is 13.0. The van der Waals surface area contributed by atoms with E-state index >= 15 is 0 Å². The minimum atomic E-state index is -4.69. The Hall–Kier alpha value is -3.88. The van der Waals surface area contributed by atoms with Crippen molar-refractivity contribution in [3.8, 4) is 0 Å². The second kappa shape index (κ2) is 13.8. The predicted octanol–water partition coefficient (Wildman–Crippen LogP) is 0.301. The molecule has 0 atom stereocenters.